The Hall–Kier alpha value is -1.51. The molecule has 1 amide bonds. The van der Waals surface area contributed by atoms with Gasteiger partial charge in [0.15, 0.2) is 0 Å². The molecule has 0 bridgehead atoms. The smallest absolute Gasteiger partial charge is 0.246 e. The molecular weight excluding hydrogens is 212 g/mol. The van der Waals surface area contributed by atoms with Crippen molar-refractivity contribution in [2.45, 2.75) is 32.6 Å². The van der Waals surface area contributed by atoms with Crippen LogP contribution in [-0.2, 0) is 4.79 Å². The molecule has 3 heteroatoms. The fourth-order valence-electron chi connectivity index (χ4n) is 2.20. The van der Waals surface area contributed by atoms with Crippen LogP contribution in [0.25, 0.3) is 0 Å². The molecule has 0 aromatic heterocycles. The van der Waals surface area contributed by atoms with Crippen molar-refractivity contribution in [1.82, 2.24) is 0 Å². The van der Waals surface area contributed by atoms with Gasteiger partial charge in [-0.2, -0.15) is 0 Å². The van der Waals surface area contributed by atoms with E-state index in [1.165, 1.54) is 19.3 Å². The number of rotatable bonds is 5. The van der Waals surface area contributed by atoms with E-state index in [2.05, 4.69) is 12.2 Å². The number of unbranched alkanes of at least 4 members (excludes halogenated alkanes) is 3. The first-order chi connectivity index (χ1) is 8.33. The van der Waals surface area contributed by atoms with Gasteiger partial charge in [-0.05, 0) is 18.6 Å². The lowest BCUT2D eigenvalue weighted by Crippen LogP contribution is -2.40. The fourth-order valence-corrected chi connectivity index (χ4v) is 2.20. The molecule has 0 fully saturated rings. The average Bonchev–Trinajstić information content (AvgIpc) is 2.37. The number of nitrogens with zero attached hydrogens (tertiary/aromatic N) is 1. The van der Waals surface area contributed by atoms with Crippen molar-refractivity contribution in [1.29, 1.82) is 0 Å². The van der Waals surface area contributed by atoms with Gasteiger partial charge in [-0.1, -0.05) is 38.3 Å². The largest absolute Gasteiger partial charge is 0.374 e. The van der Waals surface area contributed by atoms with Gasteiger partial charge in [0.2, 0.25) is 5.91 Å². The molecule has 17 heavy (non-hydrogen) atoms. The van der Waals surface area contributed by atoms with Gasteiger partial charge in [0, 0.05) is 6.54 Å². The maximum absolute atomic E-state index is 11.9. The molecule has 1 aliphatic heterocycles. The van der Waals surface area contributed by atoms with Crippen LogP contribution in [0, 0.1) is 0 Å². The minimum Gasteiger partial charge on any atom is -0.374 e. The van der Waals surface area contributed by atoms with Gasteiger partial charge in [0.1, 0.15) is 0 Å². The van der Waals surface area contributed by atoms with Crippen LogP contribution in [0.2, 0.25) is 0 Å². The Morgan fingerprint density at radius 1 is 1.24 bits per heavy atom. The molecule has 1 aromatic carbocycles. The summed E-state index contributed by atoms with van der Waals surface area (Å²) < 4.78 is 0. The summed E-state index contributed by atoms with van der Waals surface area (Å²) in [5, 5.41) is 3.15. The Labute approximate surface area is 103 Å². The number of benzene rings is 1. The summed E-state index contributed by atoms with van der Waals surface area (Å²) in [7, 11) is 0. The molecule has 0 unspecified atom stereocenters. The third-order valence-electron chi connectivity index (χ3n) is 3.16. The SMILES string of the molecule is CCCCCCN1C(=O)CNc2ccccc21. The first-order valence-corrected chi connectivity index (χ1v) is 6.46. The van der Waals surface area contributed by atoms with Crippen molar-refractivity contribution in [2.75, 3.05) is 23.3 Å². The molecular formula is C14H20N2O. The van der Waals surface area contributed by atoms with Gasteiger partial charge in [-0.25, -0.2) is 0 Å². The average molecular weight is 232 g/mol. The molecule has 0 atom stereocenters. The Morgan fingerprint density at radius 3 is 2.88 bits per heavy atom. The first-order valence-electron chi connectivity index (χ1n) is 6.46. The zero-order valence-electron chi connectivity index (χ0n) is 10.4. The van der Waals surface area contributed by atoms with Crippen LogP contribution >= 0.6 is 0 Å². The topological polar surface area (TPSA) is 32.3 Å². The van der Waals surface area contributed by atoms with Crippen molar-refractivity contribution >= 4 is 17.3 Å². The number of fused-ring (bicyclic) bond motifs is 1. The quantitative estimate of drug-likeness (QED) is 0.791. The summed E-state index contributed by atoms with van der Waals surface area (Å²) in [4.78, 5) is 13.8. The second kappa shape index (κ2) is 5.71. The maximum Gasteiger partial charge on any atom is 0.246 e. The van der Waals surface area contributed by atoms with E-state index in [0.717, 1.165) is 24.3 Å². The normalized spacial score (nSPS) is 14.4. The van der Waals surface area contributed by atoms with Crippen LogP contribution in [0.4, 0.5) is 11.4 Å². The van der Waals surface area contributed by atoms with Crippen molar-refractivity contribution in [3.05, 3.63) is 24.3 Å². The summed E-state index contributed by atoms with van der Waals surface area (Å²) in [5.74, 6) is 0.181. The standard InChI is InChI=1S/C14H20N2O/c1-2-3-4-7-10-16-13-9-6-5-8-12(13)15-11-14(16)17/h5-6,8-9,15H,2-4,7,10-11H2,1H3. The minimum atomic E-state index is 0.181. The van der Waals surface area contributed by atoms with E-state index in [-0.39, 0.29) is 5.91 Å². The highest BCUT2D eigenvalue weighted by Crippen LogP contribution is 2.29. The molecule has 0 saturated carbocycles. The molecule has 0 spiro atoms. The lowest BCUT2D eigenvalue weighted by molar-refractivity contribution is -0.117. The van der Waals surface area contributed by atoms with E-state index >= 15 is 0 Å². The van der Waals surface area contributed by atoms with E-state index in [4.69, 9.17) is 0 Å². The third kappa shape index (κ3) is 2.78. The predicted octanol–water partition coefficient (Wildman–Crippen LogP) is 3.03. The van der Waals surface area contributed by atoms with E-state index in [9.17, 15) is 4.79 Å². The van der Waals surface area contributed by atoms with E-state index in [1.807, 2.05) is 29.2 Å². The summed E-state index contributed by atoms with van der Waals surface area (Å²) in [6, 6.07) is 8.02. The molecule has 1 N–H and O–H groups in total. The summed E-state index contributed by atoms with van der Waals surface area (Å²) in [6.07, 6.45) is 4.78. The van der Waals surface area contributed by atoms with Gasteiger partial charge in [-0.15, -0.1) is 0 Å². The fraction of sp³-hybridized carbons (Fsp3) is 0.500. The zero-order chi connectivity index (χ0) is 12.1. The van der Waals surface area contributed by atoms with Crippen molar-refractivity contribution in [3.8, 4) is 0 Å². The van der Waals surface area contributed by atoms with Gasteiger partial charge in [-0.3, -0.25) is 4.79 Å². The number of hydrogen-bond acceptors (Lipinski definition) is 2. The monoisotopic (exact) mass is 232 g/mol. The number of carbonyl (C=O) groups excluding carboxylic acids is 1. The summed E-state index contributed by atoms with van der Waals surface area (Å²) in [6.45, 7) is 3.47. The third-order valence-corrected chi connectivity index (χ3v) is 3.16. The molecule has 1 aromatic rings. The summed E-state index contributed by atoms with van der Waals surface area (Å²) >= 11 is 0. The molecule has 0 saturated heterocycles. The van der Waals surface area contributed by atoms with E-state index < -0.39 is 0 Å². The Bertz CT molecular complexity index is 390. The Morgan fingerprint density at radius 2 is 2.06 bits per heavy atom. The van der Waals surface area contributed by atoms with Crippen LogP contribution in [0.3, 0.4) is 0 Å². The van der Waals surface area contributed by atoms with Gasteiger partial charge in [0.05, 0.1) is 17.9 Å². The molecule has 3 nitrogen and oxygen atoms in total. The highest BCUT2D eigenvalue weighted by atomic mass is 16.2. The van der Waals surface area contributed by atoms with Crippen LogP contribution < -0.4 is 10.2 Å². The van der Waals surface area contributed by atoms with Crippen molar-refractivity contribution < 1.29 is 4.79 Å². The number of amides is 1. The lowest BCUT2D eigenvalue weighted by Gasteiger charge is -2.30. The molecule has 0 aliphatic carbocycles. The second-order valence-corrected chi connectivity index (χ2v) is 4.48. The van der Waals surface area contributed by atoms with E-state index in [1.54, 1.807) is 0 Å². The summed E-state index contributed by atoms with van der Waals surface area (Å²) in [5.41, 5.74) is 2.10. The predicted molar refractivity (Wildman–Crippen MR) is 71.4 cm³/mol. The molecule has 1 aliphatic rings. The molecule has 0 radical (unpaired) electrons. The van der Waals surface area contributed by atoms with Crippen LogP contribution in [0.15, 0.2) is 24.3 Å². The van der Waals surface area contributed by atoms with Crippen LogP contribution in [-0.4, -0.2) is 19.0 Å². The molecule has 92 valence electrons. The molecule has 2 rings (SSSR count). The van der Waals surface area contributed by atoms with Crippen molar-refractivity contribution in [2.24, 2.45) is 0 Å². The number of anilines is 2. The first kappa shape index (κ1) is 12.0. The highest BCUT2D eigenvalue weighted by Gasteiger charge is 2.22. The highest BCUT2D eigenvalue weighted by molar-refractivity contribution is 6.02. The number of para-hydroxylation sites is 2. The Kier molecular flexibility index (Phi) is 4.02. The minimum absolute atomic E-state index is 0.181. The lowest BCUT2D eigenvalue weighted by atomic mass is 10.1. The number of carbonyl (C=O) groups is 1. The second-order valence-electron chi connectivity index (χ2n) is 4.48. The van der Waals surface area contributed by atoms with Crippen LogP contribution in [0.5, 0.6) is 0 Å². The van der Waals surface area contributed by atoms with Crippen LogP contribution in [0.1, 0.15) is 32.6 Å². The Balaban J connectivity index is 2.02. The van der Waals surface area contributed by atoms with Gasteiger partial charge >= 0.3 is 0 Å². The maximum atomic E-state index is 11.9. The number of hydrogen-bond donors (Lipinski definition) is 1. The van der Waals surface area contributed by atoms with E-state index in [0.29, 0.717) is 6.54 Å². The molecule has 1 heterocycles. The van der Waals surface area contributed by atoms with Crippen molar-refractivity contribution in [3.63, 3.8) is 0 Å². The van der Waals surface area contributed by atoms with Gasteiger partial charge in [0.25, 0.3) is 0 Å². The van der Waals surface area contributed by atoms with Gasteiger partial charge < -0.3 is 10.2 Å². The number of nitrogens with one attached hydrogen (secondary N) is 1. The zero-order valence-corrected chi connectivity index (χ0v) is 10.4.